The molecule has 1 atom stereocenters. The first-order chi connectivity index (χ1) is 14.5. The second-order valence-corrected chi connectivity index (χ2v) is 6.70. The van der Waals surface area contributed by atoms with Gasteiger partial charge in [0.2, 0.25) is 0 Å². The smallest absolute Gasteiger partial charge is 0.327 e. The molecule has 0 aliphatic carbocycles. The number of carboxylic acid groups (broad SMARTS) is 1. The van der Waals surface area contributed by atoms with E-state index in [0.29, 0.717) is 11.8 Å². The normalized spacial score (nSPS) is 11.4. The number of nitrogens with zero attached hydrogens (tertiary/aromatic N) is 4. The van der Waals surface area contributed by atoms with Crippen LogP contribution in [-0.2, 0) is 4.79 Å². The van der Waals surface area contributed by atoms with E-state index in [-0.39, 0.29) is 0 Å². The molecule has 0 aromatic heterocycles. The molecular formula is C15H11N5O10S. The van der Waals surface area contributed by atoms with Crippen LogP contribution in [-0.4, -0.2) is 42.6 Å². The number of thioether (sulfide) groups is 1. The van der Waals surface area contributed by atoms with Crippen LogP contribution in [0.15, 0.2) is 41.3 Å². The Morgan fingerprint density at radius 2 is 1.23 bits per heavy atom. The van der Waals surface area contributed by atoms with Crippen molar-refractivity contribution in [2.75, 3.05) is 11.1 Å². The van der Waals surface area contributed by atoms with Gasteiger partial charge in [-0.1, -0.05) is 0 Å². The van der Waals surface area contributed by atoms with Crippen molar-refractivity contribution < 1.29 is 29.6 Å². The third-order valence-corrected chi connectivity index (χ3v) is 5.00. The molecule has 0 radical (unpaired) electrons. The number of aliphatic carboxylic acids is 1. The van der Waals surface area contributed by atoms with Crippen LogP contribution in [0.5, 0.6) is 0 Å². The number of carboxylic acids is 1. The van der Waals surface area contributed by atoms with Gasteiger partial charge in [-0.25, -0.2) is 4.79 Å². The molecule has 0 saturated heterocycles. The first-order valence-electron chi connectivity index (χ1n) is 8.00. The molecule has 0 amide bonds. The van der Waals surface area contributed by atoms with E-state index in [1.165, 1.54) is 0 Å². The average molecular weight is 453 g/mol. The molecule has 0 aliphatic heterocycles. The lowest BCUT2D eigenvalue weighted by Crippen LogP contribution is -2.32. The first-order valence-corrected chi connectivity index (χ1v) is 8.98. The zero-order chi connectivity index (χ0) is 23.3. The molecule has 0 fully saturated rings. The number of nitro groups is 4. The van der Waals surface area contributed by atoms with Crippen LogP contribution in [0.1, 0.15) is 0 Å². The summed E-state index contributed by atoms with van der Waals surface area (Å²) in [7, 11) is 0. The van der Waals surface area contributed by atoms with Gasteiger partial charge in [-0.05, 0) is 12.1 Å². The van der Waals surface area contributed by atoms with Crippen molar-refractivity contribution in [3.63, 3.8) is 0 Å². The molecule has 162 valence electrons. The topological polar surface area (TPSA) is 222 Å². The minimum Gasteiger partial charge on any atom is -0.480 e. The standard InChI is InChI=1S/C15H11N5O10S/c21-15(22)8(16-13-9(17(23)24)3-1-4-10(13)18(25)26)7-31-14-11(19(27)28)5-2-6-12(14)20(29)30/h1-6,8,16H,7H2,(H,21,22). The number of hydrogen-bond donors (Lipinski definition) is 2. The van der Waals surface area contributed by atoms with Gasteiger partial charge in [0.25, 0.3) is 22.7 Å². The van der Waals surface area contributed by atoms with Crippen LogP contribution >= 0.6 is 11.8 Å². The molecule has 31 heavy (non-hydrogen) atoms. The van der Waals surface area contributed by atoms with Crippen molar-refractivity contribution in [2.45, 2.75) is 10.9 Å². The third kappa shape index (κ3) is 5.18. The molecule has 2 aromatic rings. The molecule has 16 heteroatoms. The van der Waals surface area contributed by atoms with Gasteiger partial charge in [-0.2, -0.15) is 0 Å². The van der Waals surface area contributed by atoms with Crippen molar-refractivity contribution >= 4 is 46.2 Å². The van der Waals surface area contributed by atoms with E-state index in [9.17, 15) is 50.4 Å². The van der Waals surface area contributed by atoms with E-state index in [2.05, 4.69) is 5.32 Å². The summed E-state index contributed by atoms with van der Waals surface area (Å²) in [6.07, 6.45) is 0. The van der Waals surface area contributed by atoms with Crippen molar-refractivity contribution in [3.8, 4) is 0 Å². The zero-order valence-corrected chi connectivity index (χ0v) is 15.9. The summed E-state index contributed by atoms with van der Waals surface area (Å²) in [6.45, 7) is 0. The van der Waals surface area contributed by atoms with Crippen molar-refractivity contribution in [1.82, 2.24) is 0 Å². The summed E-state index contributed by atoms with van der Waals surface area (Å²) < 4.78 is 0. The highest BCUT2D eigenvalue weighted by Gasteiger charge is 2.31. The number of nitro benzene ring substituents is 4. The van der Waals surface area contributed by atoms with E-state index in [1.54, 1.807) is 0 Å². The molecule has 2 N–H and O–H groups in total. The van der Waals surface area contributed by atoms with Crippen LogP contribution in [0.25, 0.3) is 0 Å². The minimum absolute atomic E-state index is 0.428. The molecule has 2 aromatic carbocycles. The Balaban J connectivity index is 2.43. The SMILES string of the molecule is O=C(O)C(CSc1c([N+](=O)[O-])cccc1[N+](=O)[O-])Nc1c([N+](=O)[O-])cccc1[N+](=O)[O-]. The number of carbonyl (C=O) groups is 1. The summed E-state index contributed by atoms with van der Waals surface area (Å²) in [4.78, 5) is 52.3. The first kappa shape index (κ1) is 22.9. The Kier molecular flexibility index (Phi) is 6.99. The van der Waals surface area contributed by atoms with Gasteiger partial charge >= 0.3 is 5.97 Å². The second kappa shape index (κ2) is 9.44. The van der Waals surface area contributed by atoms with Crippen LogP contribution in [0, 0.1) is 40.5 Å². The van der Waals surface area contributed by atoms with E-state index in [0.717, 1.165) is 36.4 Å². The fraction of sp³-hybridized carbons (Fsp3) is 0.133. The maximum absolute atomic E-state index is 11.6. The predicted molar refractivity (Wildman–Crippen MR) is 105 cm³/mol. The Bertz CT molecular complexity index is 1030. The van der Waals surface area contributed by atoms with Crippen LogP contribution in [0.3, 0.4) is 0 Å². The monoisotopic (exact) mass is 453 g/mol. The maximum Gasteiger partial charge on any atom is 0.327 e. The highest BCUT2D eigenvalue weighted by Crippen LogP contribution is 2.39. The van der Waals surface area contributed by atoms with Crippen molar-refractivity contribution in [3.05, 3.63) is 76.9 Å². The molecular weight excluding hydrogens is 442 g/mol. The lowest BCUT2D eigenvalue weighted by molar-refractivity contribution is -0.399. The summed E-state index contributed by atoms with van der Waals surface area (Å²) in [6, 6.07) is 4.25. The second-order valence-electron chi connectivity index (χ2n) is 5.67. The number of hydrogen-bond acceptors (Lipinski definition) is 11. The highest BCUT2D eigenvalue weighted by atomic mass is 32.2. The lowest BCUT2D eigenvalue weighted by atomic mass is 10.2. The van der Waals surface area contributed by atoms with E-state index in [1.807, 2.05) is 0 Å². The summed E-state index contributed by atoms with van der Waals surface area (Å²) in [5.74, 6) is -2.18. The molecule has 1 unspecified atom stereocenters. The summed E-state index contributed by atoms with van der Waals surface area (Å²) in [5.41, 5.74) is -3.48. The van der Waals surface area contributed by atoms with Gasteiger partial charge in [0, 0.05) is 30.0 Å². The fourth-order valence-electron chi connectivity index (χ4n) is 2.44. The van der Waals surface area contributed by atoms with Gasteiger partial charge in [0.1, 0.15) is 6.04 Å². The Labute approximate surface area is 175 Å². The maximum atomic E-state index is 11.6. The third-order valence-electron chi connectivity index (χ3n) is 3.79. The summed E-state index contributed by atoms with van der Waals surface area (Å²) in [5, 5.41) is 56.4. The summed E-state index contributed by atoms with van der Waals surface area (Å²) >= 11 is 0.448. The Hall–Kier alpha value is -4.34. The molecule has 15 nitrogen and oxygen atoms in total. The van der Waals surface area contributed by atoms with Gasteiger partial charge in [0.15, 0.2) is 10.6 Å². The lowest BCUT2D eigenvalue weighted by Gasteiger charge is -2.15. The number of benzene rings is 2. The molecule has 0 aliphatic rings. The van der Waals surface area contributed by atoms with E-state index >= 15 is 0 Å². The molecule has 0 bridgehead atoms. The minimum atomic E-state index is -1.72. The van der Waals surface area contributed by atoms with Crippen molar-refractivity contribution in [1.29, 1.82) is 0 Å². The molecule has 0 saturated carbocycles. The average Bonchev–Trinajstić information content (AvgIpc) is 2.69. The fourth-order valence-corrected chi connectivity index (χ4v) is 3.58. The van der Waals surface area contributed by atoms with E-state index < -0.39 is 70.8 Å². The molecule has 0 heterocycles. The van der Waals surface area contributed by atoms with Crippen LogP contribution in [0.2, 0.25) is 0 Å². The van der Waals surface area contributed by atoms with Gasteiger partial charge in [0.05, 0.1) is 19.7 Å². The van der Waals surface area contributed by atoms with Crippen LogP contribution in [0.4, 0.5) is 28.4 Å². The largest absolute Gasteiger partial charge is 0.480 e. The quantitative estimate of drug-likeness (QED) is 0.301. The predicted octanol–water partition coefficient (Wildman–Crippen LogP) is 2.98. The van der Waals surface area contributed by atoms with Crippen LogP contribution < -0.4 is 5.32 Å². The highest BCUT2D eigenvalue weighted by molar-refractivity contribution is 7.99. The molecule has 2 rings (SSSR count). The number of anilines is 1. The van der Waals surface area contributed by atoms with Crippen molar-refractivity contribution in [2.24, 2.45) is 0 Å². The number of nitrogens with one attached hydrogen (secondary N) is 1. The van der Waals surface area contributed by atoms with Gasteiger partial charge < -0.3 is 10.4 Å². The Morgan fingerprint density at radius 3 is 1.58 bits per heavy atom. The van der Waals surface area contributed by atoms with Gasteiger partial charge in [-0.3, -0.25) is 40.5 Å². The number of rotatable bonds is 10. The number of para-hydroxylation sites is 1. The van der Waals surface area contributed by atoms with E-state index in [4.69, 9.17) is 0 Å². The van der Waals surface area contributed by atoms with Gasteiger partial charge in [-0.15, -0.1) is 11.8 Å². The zero-order valence-electron chi connectivity index (χ0n) is 15.1. The Morgan fingerprint density at radius 1 is 0.839 bits per heavy atom. The molecule has 0 spiro atoms.